The van der Waals surface area contributed by atoms with Crippen LogP contribution >= 0.6 is 0 Å². The molecule has 0 unspecified atom stereocenters. The molecule has 0 heterocycles. The first-order valence-corrected chi connectivity index (χ1v) is 7.10. The molecule has 0 aromatic carbocycles. The first-order chi connectivity index (χ1) is 10.5. The Bertz CT molecular complexity index is 458. The summed E-state index contributed by atoms with van der Waals surface area (Å²) in [5.41, 5.74) is -0.669. The smallest absolute Gasteiger partial charge is 0.408 e. The maximum Gasteiger partial charge on any atom is 0.408 e. The largest absolute Gasteiger partial charge is 0.467 e. The number of hydrogen-bond donors (Lipinski definition) is 3. The van der Waals surface area contributed by atoms with Crippen molar-refractivity contribution in [2.24, 2.45) is 0 Å². The van der Waals surface area contributed by atoms with Crippen LogP contribution in [-0.4, -0.2) is 55.2 Å². The summed E-state index contributed by atoms with van der Waals surface area (Å²) in [5.74, 6) is -1.71. The second kappa shape index (κ2) is 8.96. The summed E-state index contributed by atoms with van der Waals surface area (Å²) in [6.07, 6.45) is -0.732. The number of methoxy groups -OCH3 is 1. The van der Waals surface area contributed by atoms with Crippen LogP contribution in [0.25, 0.3) is 0 Å². The molecule has 9 nitrogen and oxygen atoms in total. The number of ether oxygens (including phenoxy) is 2. The van der Waals surface area contributed by atoms with Crippen molar-refractivity contribution in [3.63, 3.8) is 0 Å². The van der Waals surface area contributed by atoms with Crippen molar-refractivity contribution in [2.75, 3.05) is 13.7 Å². The molecule has 0 radical (unpaired) electrons. The Kier molecular flexibility index (Phi) is 8.06. The van der Waals surface area contributed by atoms with Gasteiger partial charge in [0.15, 0.2) is 0 Å². The van der Waals surface area contributed by atoms with E-state index in [1.807, 2.05) is 0 Å². The number of alkyl carbamates (subject to hydrolysis) is 1. The Balaban J connectivity index is 4.22. The van der Waals surface area contributed by atoms with Gasteiger partial charge in [-0.1, -0.05) is 0 Å². The van der Waals surface area contributed by atoms with E-state index < -0.39 is 41.6 Å². The van der Waals surface area contributed by atoms with Gasteiger partial charge in [-0.2, -0.15) is 0 Å². The van der Waals surface area contributed by atoms with E-state index in [9.17, 15) is 19.2 Å². The van der Waals surface area contributed by atoms with Gasteiger partial charge >= 0.3 is 12.1 Å². The summed E-state index contributed by atoms with van der Waals surface area (Å²) >= 11 is 0. The molecule has 0 spiro atoms. The van der Waals surface area contributed by atoms with Crippen molar-refractivity contribution in [2.45, 2.75) is 52.3 Å². The normalized spacial score (nSPS) is 13.3. The predicted molar refractivity (Wildman–Crippen MR) is 81.5 cm³/mol. The molecule has 0 aliphatic carbocycles. The Hall–Kier alpha value is -2.32. The minimum Gasteiger partial charge on any atom is -0.467 e. The SMILES string of the molecule is COC(=O)[C@H](C)NC(=O)[C@H](C)NC(=O)CNC(=O)OC(C)(C)C. The van der Waals surface area contributed by atoms with Crippen molar-refractivity contribution in [3.8, 4) is 0 Å². The molecular weight excluding hydrogens is 306 g/mol. The maximum absolute atomic E-state index is 11.8. The summed E-state index contributed by atoms with van der Waals surface area (Å²) in [4.78, 5) is 46.0. The summed E-state index contributed by atoms with van der Waals surface area (Å²) in [5, 5.41) is 7.05. The molecule has 3 amide bonds. The fourth-order valence-electron chi connectivity index (χ4n) is 1.40. The predicted octanol–water partition coefficient (Wildman–Crippen LogP) is -0.306. The molecule has 0 aliphatic heterocycles. The van der Waals surface area contributed by atoms with Crippen LogP contribution in [0.5, 0.6) is 0 Å². The molecule has 0 aromatic rings. The second-order valence-corrected chi connectivity index (χ2v) is 5.90. The Morgan fingerprint density at radius 3 is 2.04 bits per heavy atom. The van der Waals surface area contributed by atoms with Crippen LogP contribution < -0.4 is 16.0 Å². The molecule has 9 heteroatoms. The van der Waals surface area contributed by atoms with Crippen LogP contribution in [0.15, 0.2) is 0 Å². The monoisotopic (exact) mass is 331 g/mol. The zero-order valence-corrected chi connectivity index (χ0v) is 14.3. The highest BCUT2D eigenvalue weighted by molar-refractivity contribution is 5.91. The number of amides is 3. The Morgan fingerprint density at radius 1 is 1.00 bits per heavy atom. The van der Waals surface area contributed by atoms with Crippen molar-refractivity contribution in [1.82, 2.24) is 16.0 Å². The number of carbonyl (C=O) groups is 4. The van der Waals surface area contributed by atoms with Gasteiger partial charge in [-0.25, -0.2) is 9.59 Å². The van der Waals surface area contributed by atoms with E-state index in [2.05, 4.69) is 20.7 Å². The van der Waals surface area contributed by atoms with Crippen molar-refractivity contribution >= 4 is 23.9 Å². The molecule has 2 atom stereocenters. The quantitative estimate of drug-likeness (QED) is 0.574. The summed E-state index contributed by atoms with van der Waals surface area (Å²) in [6.45, 7) is 7.66. The minimum atomic E-state index is -0.880. The van der Waals surface area contributed by atoms with E-state index in [1.54, 1.807) is 20.8 Å². The van der Waals surface area contributed by atoms with E-state index in [0.717, 1.165) is 0 Å². The maximum atomic E-state index is 11.8. The molecular formula is C14H25N3O6. The van der Waals surface area contributed by atoms with E-state index in [1.165, 1.54) is 21.0 Å². The van der Waals surface area contributed by atoms with Crippen molar-refractivity contribution in [1.29, 1.82) is 0 Å². The third-order valence-corrected chi connectivity index (χ3v) is 2.48. The van der Waals surface area contributed by atoms with Gasteiger partial charge in [0.2, 0.25) is 11.8 Å². The van der Waals surface area contributed by atoms with Gasteiger partial charge in [0.1, 0.15) is 24.2 Å². The van der Waals surface area contributed by atoms with Gasteiger partial charge in [-0.05, 0) is 34.6 Å². The van der Waals surface area contributed by atoms with Crippen LogP contribution in [0.3, 0.4) is 0 Å². The molecule has 0 aliphatic rings. The first kappa shape index (κ1) is 20.7. The van der Waals surface area contributed by atoms with Crippen molar-refractivity contribution in [3.05, 3.63) is 0 Å². The van der Waals surface area contributed by atoms with Crippen LogP contribution in [-0.2, 0) is 23.9 Å². The fourth-order valence-corrected chi connectivity index (χ4v) is 1.40. The lowest BCUT2D eigenvalue weighted by molar-refractivity contribution is -0.144. The standard InChI is InChI=1S/C14H25N3O6/c1-8(11(19)17-9(2)12(20)22-6)16-10(18)7-15-13(21)23-14(3,4)5/h8-9H,7H2,1-6H3,(H,15,21)(H,16,18)(H,17,19)/t8-,9-/m0/s1. The van der Waals surface area contributed by atoms with Crippen LogP contribution in [0.1, 0.15) is 34.6 Å². The van der Waals surface area contributed by atoms with Gasteiger partial charge in [-0.15, -0.1) is 0 Å². The highest BCUT2D eigenvalue weighted by Crippen LogP contribution is 2.06. The lowest BCUT2D eigenvalue weighted by Gasteiger charge is -2.20. The molecule has 0 saturated carbocycles. The van der Waals surface area contributed by atoms with E-state index >= 15 is 0 Å². The van der Waals surface area contributed by atoms with Crippen molar-refractivity contribution < 1.29 is 28.7 Å². The molecule has 0 saturated heterocycles. The molecule has 0 bridgehead atoms. The average molecular weight is 331 g/mol. The highest BCUT2D eigenvalue weighted by atomic mass is 16.6. The molecule has 132 valence electrons. The average Bonchev–Trinajstić information content (AvgIpc) is 2.42. The third kappa shape index (κ3) is 9.33. The molecule has 0 aromatic heterocycles. The summed E-state index contributed by atoms with van der Waals surface area (Å²) in [7, 11) is 1.21. The zero-order valence-electron chi connectivity index (χ0n) is 14.3. The molecule has 23 heavy (non-hydrogen) atoms. The zero-order chi connectivity index (χ0) is 18.2. The minimum absolute atomic E-state index is 0.334. The van der Waals surface area contributed by atoms with Crippen LogP contribution in [0, 0.1) is 0 Å². The third-order valence-electron chi connectivity index (χ3n) is 2.48. The number of carbonyl (C=O) groups excluding carboxylic acids is 4. The number of hydrogen-bond acceptors (Lipinski definition) is 6. The molecule has 0 fully saturated rings. The lowest BCUT2D eigenvalue weighted by Crippen LogP contribution is -2.51. The topological polar surface area (TPSA) is 123 Å². The van der Waals surface area contributed by atoms with E-state index in [4.69, 9.17) is 4.74 Å². The molecule has 3 N–H and O–H groups in total. The fraction of sp³-hybridized carbons (Fsp3) is 0.714. The van der Waals surface area contributed by atoms with E-state index in [-0.39, 0.29) is 6.54 Å². The Labute approximate surface area is 135 Å². The summed E-state index contributed by atoms with van der Waals surface area (Å²) < 4.78 is 9.45. The van der Waals surface area contributed by atoms with Crippen LogP contribution in [0.2, 0.25) is 0 Å². The van der Waals surface area contributed by atoms with Gasteiger partial charge in [0.05, 0.1) is 7.11 Å². The lowest BCUT2D eigenvalue weighted by atomic mass is 10.2. The van der Waals surface area contributed by atoms with E-state index in [0.29, 0.717) is 0 Å². The first-order valence-electron chi connectivity index (χ1n) is 7.10. The Morgan fingerprint density at radius 2 is 1.57 bits per heavy atom. The number of esters is 1. The summed E-state index contributed by atoms with van der Waals surface area (Å²) in [6, 6.07) is -1.71. The van der Waals surface area contributed by atoms with Gasteiger partial charge in [0, 0.05) is 0 Å². The molecule has 0 rings (SSSR count). The van der Waals surface area contributed by atoms with Gasteiger partial charge < -0.3 is 25.4 Å². The second-order valence-electron chi connectivity index (χ2n) is 5.90. The van der Waals surface area contributed by atoms with Gasteiger partial charge in [0.25, 0.3) is 0 Å². The highest BCUT2D eigenvalue weighted by Gasteiger charge is 2.22. The number of rotatable bonds is 6. The van der Waals surface area contributed by atoms with Gasteiger partial charge in [-0.3, -0.25) is 9.59 Å². The van der Waals surface area contributed by atoms with Crippen LogP contribution in [0.4, 0.5) is 4.79 Å². The number of nitrogens with one attached hydrogen (secondary N) is 3.